The fourth-order valence-electron chi connectivity index (χ4n) is 3.88. The molecular weight excluding hydrogens is 481 g/mol. The lowest BCUT2D eigenvalue weighted by molar-refractivity contribution is -0.122. The first-order chi connectivity index (χ1) is 17.4. The molecule has 0 radical (unpaired) electrons. The summed E-state index contributed by atoms with van der Waals surface area (Å²) in [4.78, 5) is 48.5. The van der Waals surface area contributed by atoms with E-state index in [2.05, 4.69) is 15.6 Å². The summed E-state index contributed by atoms with van der Waals surface area (Å²) in [5, 5.41) is 6.25. The zero-order valence-electron chi connectivity index (χ0n) is 20.2. The molecule has 2 aromatic carbocycles. The van der Waals surface area contributed by atoms with Crippen LogP contribution in [0.5, 0.6) is 0 Å². The van der Waals surface area contributed by atoms with Crippen LogP contribution < -0.4 is 10.6 Å². The molecule has 0 aromatic heterocycles. The summed E-state index contributed by atoms with van der Waals surface area (Å²) < 4.78 is 13.1. The second-order valence-corrected chi connectivity index (χ2v) is 9.62. The Morgan fingerprint density at radius 3 is 2.61 bits per heavy atom. The van der Waals surface area contributed by atoms with E-state index < -0.39 is 6.04 Å². The summed E-state index contributed by atoms with van der Waals surface area (Å²) in [5.41, 5.74) is 2.20. The molecule has 0 saturated heterocycles. The number of hydrogen-bond acceptors (Lipinski definition) is 6. The van der Waals surface area contributed by atoms with Crippen LogP contribution in [-0.2, 0) is 20.9 Å². The third kappa shape index (κ3) is 5.99. The van der Waals surface area contributed by atoms with Gasteiger partial charge in [0.1, 0.15) is 17.7 Å². The number of nitrogens with zero attached hydrogens (tertiary/aromatic N) is 3. The highest BCUT2D eigenvalue weighted by Gasteiger charge is 2.41. The molecule has 3 amide bonds. The standard InChI is InChI=1S/C26H28FN5O3S/c1-3-16(2)29-23(34)15-36-26-30-20-7-5-4-6-19(20)24-31-25(35)21(32(24)26)12-13-22(33)28-14-17-8-10-18(27)11-9-17/h4-11,16,21H,3,12-15H2,1-2H3,(H,28,33)(H,29,34). The SMILES string of the molecule is CCC(C)NC(=O)CSC1=Nc2ccccc2C2=NC(=O)C(CCC(=O)NCc3ccc(F)cc3)N12. The third-order valence-electron chi connectivity index (χ3n) is 6.01. The Bertz CT molecular complexity index is 1210. The highest BCUT2D eigenvalue weighted by Crippen LogP contribution is 2.35. The van der Waals surface area contributed by atoms with Crippen molar-refractivity contribution >= 4 is 46.2 Å². The number of amides is 3. The Morgan fingerprint density at radius 1 is 1.11 bits per heavy atom. The molecule has 2 N–H and O–H groups in total. The van der Waals surface area contributed by atoms with Crippen LogP contribution in [0, 0.1) is 5.82 Å². The second-order valence-electron chi connectivity index (χ2n) is 8.68. The molecule has 10 heteroatoms. The molecule has 2 aromatic rings. The number of fused-ring (bicyclic) bond motifs is 3. The van der Waals surface area contributed by atoms with Gasteiger partial charge in [0.15, 0.2) is 5.17 Å². The maximum absolute atomic E-state index is 13.1. The summed E-state index contributed by atoms with van der Waals surface area (Å²) in [7, 11) is 0. The molecule has 2 aliphatic rings. The molecule has 8 nitrogen and oxygen atoms in total. The fourth-order valence-corrected chi connectivity index (χ4v) is 4.74. The summed E-state index contributed by atoms with van der Waals surface area (Å²) >= 11 is 1.25. The van der Waals surface area contributed by atoms with Gasteiger partial charge in [-0.2, -0.15) is 4.99 Å². The van der Waals surface area contributed by atoms with Crippen molar-refractivity contribution in [2.75, 3.05) is 5.75 Å². The quantitative estimate of drug-likeness (QED) is 0.538. The molecule has 0 saturated carbocycles. The first kappa shape index (κ1) is 25.6. The van der Waals surface area contributed by atoms with Crippen molar-refractivity contribution in [1.82, 2.24) is 15.5 Å². The van der Waals surface area contributed by atoms with Crippen LogP contribution in [0.25, 0.3) is 0 Å². The monoisotopic (exact) mass is 509 g/mol. The average molecular weight is 510 g/mol. The number of hydrogen-bond donors (Lipinski definition) is 2. The Morgan fingerprint density at radius 2 is 1.86 bits per heavy atom. The Hall–Kier alpha value is -3.53. The van der Waals surface area contributed by atoms with Crippen molar-refractivity contribution in [2.24, 2.45) is 9.98 Å². The van der Waals surface area contributed by atoms with E-state index in [1.807, 2.05) is 38.1 Å². The van der Waals surface area contributed by atoms with Crippen LogP contribution in [0.1, 0.15) is 44.2 Å². The predicted octanol–water partition coefficient (Wildman–Crippen LogP) is 3.53. The lowest BCUT2D eigenvalue weighted by Gasteiger charge is -2.31. The van der Waals surface area contributed by atoms with E-state index in [1.165, 1.54) is 23.9 Å². The van der Waals surface area contributed by atoms with Crippen LogP contribution >= 0.6 is 11.8 Å². The molecule has 2 atom stereocenters. The zero-order chi connectivity index (χ0) is 25.7. The maximum atomic E-state index is 13.1. The predicted molar refractivity (Wildman–Crippen MR) is 139 cm³/mol. The number of rotatable bonds is 9. The Kier molecular flexibility index (Phi) is 8.14. The van der Waals surface area contributed by atoms with Gasteiger partial charge in [-0.15, -0.1) is 0 Å². The summed E-state index contributed by atoms with van der Waals surface area (Å²) in [6.45, 7) is 4.21. The van der Waals surface area contributed by atoms with Gasteiger partial charge in [0.2, 0.25) is 11.8 Å². The van der Waals surface area contributed by atoms with E-state index in [9.17, 15) is 18.8 Å². The number of carbonyl (C=O) groups is 3. The van der Waals surface area contributed by atoms with E-state index in [0.717, 1.165) is 17.5 Å². The number of aliphatic imine (C=N–C) groups is 2. The van der Waals surface area contributed by atoms with E-state index in [0.29, 0.717) is 16.7 Å². The van der Waals surface area contributed by atoms with E-state index in [1.54, 1.807) is 17.0 Å². The van der Waals surface area contributed by atoms with Gasteiger partial charge in [-0.3, -0.25) is 19.3 Å². The zero-order valence-corrected chi connectivity index (χ0v) is 21.0. The normalized spacial score (nSPS) is 17.0. The number of benzene rings is 2. The summed E-state index contributed by atoms with van der Waals surface area (Å²) in [5.74, 6) is -0.378. The molecule has 0 aliphatic carbocycles. The van der Waals surface area contributed by atoms with Crippen molar-refractivity contribution in [3.63, 3.8) is 0 Å². The van der Waals surface area contributed by atoms with Gasteiger partial charge in [-0.05, 0) is 49.6 Å². The van der Waals surface area contributed by atoms with Crippen molar-refractivity contribution in [3.05, 3.63) is 65.5 Å². The second kappa shape index (κ2) is 11.5. The number of carbonyl (C=O) groups excluding carboxylic acids is 3. The van der Waals surface area contributed by atoms with Crippen LogP contribution in [0.2, 0.25) is 0 Å². The van der Waals surface area contributed by atoms with Gasteiger partial charge in [0, 0.05) is 24.6 Å². The fraction of sp³-hybridized carbons (Fsp3) is 0.346. The van der Waals surface area contributed by atoms with Gasteiger partial charge >= 0.3 is 0 Å². The van der Waals surface area contributed by atoms with Crippen molar-refractivity contribution in [2.45, 2.75) is 51.7 Å². The summed E-state index contributed by atoms with van der Waals surface area (Å²) in [6, 6.07) is 12.7. The Labute approximate surface area is 213 Å². The largest absolute Gasteiger partial charge is 0.353 e. The van der Waals surface area contributed by atoms with E-state index >= 15 is 0 Å². The van der Waals surface area contributed by atoms with E-state index in [-0.39, 0.29) is 54.7 Å². The van der Waals surface area contributed by atoms with Gasteiger partial charge in [-0.25, -0.2) is 9.38 Å². The van der Waals surface area contributed by atoms with Crippen molar-refractivity contribution in [1.29, 1.82) is 0 Å². The highest BCUT2D eigenvalue weighted by atomic mass is 32.2. The minimum atomic E-state index is -0.686. The number of thioether (sulfide) groups is 1. The molecule has 4 rings (SSSR count). The molecule has 2 heterocycles. The summed E-state index contributed by atoms with van der Waals surface area (Å²) in [6.07, 6.45) is 1.17. The molecule has 36 heavy (non-hydrogen) atoms. The molecule has 2 unspecified atom stereocenters. The van der Waals surface area contributed by atoms with Gasteiger partial charge in [-0.1, -0.05) is 43.0 Å². The van der Waals surface area contributed by atoms with Crippen molar-refractivity contribution < 1.29 is 18.8 Å². The van der Waals surface area contributed by atoms with Crippen LogP contribution in [-0.4, -0.2) is 51.5 Å². The lowest BCUT2D eigenvalue weighted by Crippen LogP contribution is -2.44. The van der Waals surface area contributed by atoms with Crippen molar-refractivity contribution in [3.8, 4) is 0 Å². The molecule has 188 valence electrons. The van der Waals surface area contributed by atoms with Crippen LogP contribution in [0.3, 0.4) is 0 Å². The molecule has 2 aliphatic heterocycles. The first-order valence-corrected chi connectivity index (χ1v) is 12.9. The smallest absolute Gasteiger partial charge is 0.270 e. The molecule has 0 bridgehead atoms. The van der Waals surface area contributed by atoms with Gasteiger partial charge in [0.25, 0.3) is 5.91 Å². The van der Waals surface area contributed by atoms with Crippen LogP contribution in [0.15, 0.2) is 58.5 Å². The number of halogens is 1. The minimum Gasteiger partial charge on any atom is -0.353 e. The number of nitrogens with one attached hydrogen (secondary N) is 2. The van der Waals surface area contributed by atoms with E-state index in [4.69, 9.17) is 4.99 Å². The number of amidine groups is 2. The van der Waals surface area contributed by atoms with Crippen LogP contribution in [0.4, 0.5) is 10.1 Å². The van der Waals surface area contributed by atoms with Gasteiger partial charge < -0.3 is 10.6 Å². The minimum absolute atomic E-state index is 0.0683. The molecule has 0 fully saturated rings. The highest BCUT2D eigenvalue weighted by molar-refractivity contribution is 8.14. The average Bonchev–Trinajstić information content (AvgIpc) is 3.21. The topological polar surface area (TPSA) is 103 Å². The Balaban J connectivity index is 1.44. The number of para-hydroxylation sites is 1. The lowest BCUT2D eigenvalue weighted by atomic mass is 10.1. The molecule has 0 spiro atoms. The molecular formula is C26H28FN5O3S. The maximum Gasteiger partial charge on any atom is 0.270 e. The third-order valence-corrected chi connectivity index (χ3v) is 6.96. The van der Waals surface area contributed by atoms with Gasteiger partial charge in [0.05, 0.1) is 11.4 Å². The first-order valence-electron chi connectivity index (χ1n) is 11.9.